The van der Waals surface area contributed by atoms with E-state index in [9.17, 15) is 14.3 Å². The van der Waals surface area contributed by atoms with Crippen LogP contribution in [-0.2, 0) is 6.42 Å². The Labute approximate surface area is 214 Å². The molecule has 0 saturated heterocycles. The van der Waals surface area contributed by atoms with Crippen LogP contribution in [0.25, 0.3) is 28.2 Å². The van der Waals surface area contributed by atoms with Gasteiger partial charge in [0, 0.05) is 10.9 Å². The van der Waals surface area contributed by atoms with E-state index in [2.05, 4.69) is 25.9 Å². The number of benzene rings is 2. The van der Waals surface area contributed by atoms with E-state index in [-0.39, 0.29) is 17.2 Å². The van der Waals surface area contributed by atoms with Gasteiger partial charge in [-0.05, 0) is 78.6 Å². The molecule has 0 fully saturated rings. The first-order valence-electron chi connectivity index (χ1n) is 11.9. The highest BCUT2D eigenvalue weighted by Crippen LogP contribution is 2.45. The zero-order chi connectivity index (χ0) is 25.8. The third kappa shape index (κ3) is 4.20. The molecular weight excluding hydrogens is 477 g/mol. The highest BCUT2D eigenvalue weighted by molar-refractivity contribution is 6.31. The Bertz CT molecular complexity index is 1530. The summed E-state index contributed by atoms with van der Waals surface area (Å²) < 4.78 is 15.0. The maximum atomic E-state index is 13.4. The number of carboxylic acids is 1. The monoisotopic (exact) mass is 503 g/mol. The fraction of sp³-hybridized carbons (Fsp3) is 0.276. The Kier molecular flexibility index (Phi) is 5.95. The second kappa shape index (κ2) is 8.86. The van der Waals surface area contributed by atoms with Crippen molar-refractivity contribution in [3.8, 4) is 5.69 Å². The van der Waals surface area contributed by atoms with Gasteiger partial charge < -0.3 is 5.11 Å². The molecule has 1 aliphatic rings. The number of aromatic nitrogens is 3. The van der Waals surface area contributed by atoms with Gasteiger partial charge in [-0.25, -0.2) is 18.9 Å². The topological polar surface area (TPSA) is 68.0 Å². The predicted octanol–water partition coefficient (Wildman–Crippen LogP) is 7.37. The van der Waals surface area contributed by atoms with Gasteiger partial charge in [-0.2, -0.15) is 5.10 Å². The fourth-order valence-electron chi connectivity index (χ4n) is 4.98. The first-order chi connectivity index (χ1) is 17.0. The van der Waals surface area contributed by atoms with Crippen molar-refractivity contribution in [3.05, 3.63) is 87.6 Å². The first kappa shape index (κ1) is 24.2. The third-order valence-electron chi connectivity index (χ3n) is 7.09. The van der Waals surface area contributed by atoms with Crippen molar-refractivity contribution in [3.63, 3.8) is 0 Å². The van der Waals surface area contributed by atoms with Crippen LogP contribution in [0.3, 0.4) is 0 Å². The molecule has 2 aromatic heterocycles. The zero-order valence-electron chi connectivity index (χ0n) is 20.6. The largest absolute Gasteiger partial charge is 0.478 e. The SMILES string of the molecule is Cc1nn(-c2ccc(F)cc2)c(Cl)c1/C=C1\C[C@@H](C(C)(C)C)Cc2c1nc1ccccc1c2C(=O)O. The number of nitrogens with zero attached hydrogens (tertiary/aromatic N) is 3. The lowest BCUT2D eigenvalue weighted by Crippen LogP contribution is -2.28. The van der Waals surface area contributed by atoms with Crippen LogP contribution in [0.5, 0.6) is 0 Å². The van der Waals surface area contributed by atoms with Gasteiger partial charge in [0.05, 0.1) is 28.2 Å². The van der Waals surface area contributed by atoms with E-state index in [1.165, 1.54) is 12.1 Å². The van der Waals surface area contributed by atoms with E-state index in [1.54, 1.807) is 16.8 Å². The Hall–Kier alpha value is -3.51. The van der Waals surface area contributed by atoms with Gasteiger partial charge in [-0.15, -0.1) is 0 Å². The number of carboxylic acid groups (broad SMARTS) is 1. The number of aryl methyl sites for hydroxylation is 1. The van der Waals surface area contributed by atoms with Crippen molar-refractivity contribution >= 4 is 40.1 Å². The average molecular weight is 504 g/mol. The third-order valence-corrected chi connectivity index (χ3v) is 7.45. The van der Waals surface area contributed by atoms with Gasteiger partial charge >= 0.3 is 5.97 Å². The quantitative estimate of drug-likeness (QED) is 0.317. The number of hydrogen-bond acceptors (Lipinski definition) is 3. The summed E-state index contributed by atoms with van der Waals surface area (Å²) in [6, 6.07) is 13.4. The molecule has 0 saturated carbocycles. The van der Waals surface area contributed by atoms with Crippen molar-refractivity contribution in [1.29, 1.82) is 0 Å². The molecule has 0 unspecified atom stereocenters. The molecule has 5 rings (SSSR count). The molecule has 1 atom stereocenters. The fourth-order valence-corrected chi connectivity index (χ4v) is 5.31. The average Bonchev–Trinajstić information content (AvgIpc) is 3.10. The van der Waals surface area contributed by atoms with E-state index in [0.29, 0.717) is 39.4 Å². The molecule has 36 heavy (non-hydrogen) atoms. The first-order valence-corrected chi connectivity index (χ1v) is 12.3. The smallest absolute Gasteiger partial charge is 0.336 e. The van der Waals surface area contributed by atoms with Crippen LogP contribution in [-0.4, -0.2) is 25.8 Å². The summed E-state index contributed by atoms with van der Waals surface area (Å²) in [5, 5.41) is 15.9. The van der Waals surface area contributed by atoms with Gasteiger partial charge in [0.1, 0.15) is 11.0 Å². The normalized spacial score (nSPS) is 16.9. The molecule has 0 spiro atoms. The number of aromatic carboxylic acids is 1. The summed E-state index contributed by atoms with van der Waals surface area (Å²) in [5.41, 5.74) is 5.44. The lowest BCUT2D eigenvalue weighted by Gasteiger charge is -2.36. The standard InChI is InChI=1S/C29H27ClFN3O2/c1-16-22(27(30)34(33-16)20-11-9-19(31)10-12-20)14-17-13-18(29(2,3)4)15-23-25(28(35)36)21-7-5-6-8-24(21)32-26(17)23/h5-12,14,18H,13,15H2,1-4H3,(H,35,36)/b17-14+/t18-/m1/s1. The van der Waals surface area contributed by atoms with E-state index < -0.39 is 5.97 Å². The maximum Gasteiger partial charge on any atom is 0.336 e. The molecule has 4 aromatic rings. The van der Waals surface area contributed by atoms with E-state index in [0.717, 1.165) is 28.8 Å². The highest BCUT2D eigenvalue weighted by atomic mass is 35.5. The summed E-state index contributed by atoms with van der Waals surface area (Å²) in [5.74, 6) is -1.07. The van der Waals surface area contributed by atoms with Crippen LogP contribution in [0.4, 0.5) is 4.39 Å². The minimum absolute atomic E-state index is 0.0463. The van der Waals surface area contributed by atoms with E-state index >= 15 is 0 Å². The van der Waals surface area contributed by atoms with Crippen LogP contribution in [0, 0.1) is 24.1 Å². The van der Waals surface area contributed by atoms with Gasteiger partial charge in [0.2, 0.25) is 0 Å². The number of carbonyl (C=O) groups is 1. The molecule has 0 radical (unpaired) electrons. The second-order valence-electron chi connectivity index (χ2n) is 10.5. The molecule has 1 N–H and O–H groups in total. The summed E-state index contributed by atoms with van der Waals surface area (Å²) in [7, 11) is 0. The van der Waals surface area contributed by atoms with Crippen molar-refractivity contribution in [2.45, 2.75) is 40.5 Å². The highest BCUT2D eigenvalue weighted by Gasteiger charge is 2.35. The van der Waals surface area contributed by atoms with Crippen LogP contribution in [0.1, 0.15) is 60.1 Å². The van der Waals surface area contributed by atoms with Crippen molar-refractivity contribution in [2.24, 2.45) is 11.3 Å². The number of rotatable bonds is 3. The molecule has 184 valence electrons. The molecule has 7 heteroatoms. The zero-order valence-corrected chi connectivity index (χ0v) is 21.4. The molecule has 2 heterocycles. The summed E-state index contributed by atoms with van der Waals surface area (Å²) >= 11 is 6.80. The lowest BCUT2D eigenvalue weighted by molar-refractivity contribution is 0.0696. The van der Waals surface area contributed by atoms with Crippen molar-refractivity contribution in [1.82, 2.24) is 14.8 Å². The van der Waals surface area contributed by atoms with Crippen LogP contribution >= 0.6 is 11.6 Å². The van der Waals surface area contributed by atoms with E-state index in [4.69, 9.17) is 16.6 Å². The molecule has 5 nitrogen and oxygen atoms in total. The van der Waals surface area contributed by atoms with Crippen LogP contribution in [0.15, 0.2) is 48.5 Å². The number of fused-ring (bicyclic) bond motifs is 2. The lowest BCUT2D eigenvalue weighted by atomic mass is 9.69. The van der Waals surface area contributed by atoms with Gasteiger partial charge in [0.15, 0.2) is 0 Å². The number of halogens is 2. The molecule has 0 bridgehead atoms. The predicted molar refractivity (Wildman–Crippen MR) is 141 cm³/mol. The Balaban J connectivity index is 1.74. The number of pyridine rings is 1. The summed E-state index contributed by atoms with van der Waals surface area (Å²) in [4.78, 5) is 17.4. The summed E-state index contributed by atoms with van der Waals surface area (Å²) in [6.45, 7) is 8.42. The second-order valence-corrected chi connectivity index (χ2v) is 10.8. The number of hydrogen-bond donors (Lipinski definition) is 1. The summed E-state index contributed by atoms with van der Waals surface area (Å²) in [6.07, 6.45) is 3.37. The number of allylic oxidation sites excluding steroid dienone is 1. The van der Waals surface area contributed by atoms with Gasteiger partial charge in [0.25, 0.3) is 0 Å². The Morgan fingerprint density at radius 3 is 2.50 bits per heavy atom. The van der Waals surface area contributed by atoms with Gasteiger partial charge in [-0.3, -0.25) is 0 Å². The van der Waals surface area contributed by atoms with Crippen LogP contribution < -0.4 is 0 Å². The van der Waals surface area contributed by atoms with E-state index in [1.807, 2.05) is 37.3 Å². The Morgan fingerprint density at radius 1 is 1.14 bits per heavy atom. The van der Waals surface area contributed by atoms with Crippen molar-refractivity contribution < 1.29 is 14.3 Å². The van der Waals surface area contributed by atoms with Crippen LogP contribution in [0.2, 0.25) is 5.15 Å². The Morgan fingerprint density at radius 2 is 1.83 bits per heavy atom. The minimum atomic E-state index is -0.947. The molecule has 0 aliphatic heterocycles. The molecule has 1 aliphatic carbocycles. The molecule has 2 aromatic carbocycles. The minimum Gasteiger partial charge on any atom is -0.478 e. The number of para-hydroxylation sites is 1. The van der Waals surface area contributed by atoms with Crippen molar-refractivity contribution in [2.75, 3.05) is 0 Å². The molecule has 0 amide bonds. The van der Waals surface area contributed by atoms with Gasteiger partial charge in [-0.1, -0.05) is 50.6 Å². The molecular formula is C29H27ClFN3O2. The maximum absolute atomic E-state index is 13.4.